The molecular weight excluding hydrogens is 192 g/mol. The zero-order chi connectivity index (χ0) is 9.14. The summed E-state index contributed by atoms with van der Waals surface area (Å²) < 4.78 is 0. The van der Waals surface area contributed by atoms with Gasteiger partial charge in [-0.15, -0.1) is 0 Å². The van der Waals surface area contributed by atoms with Crippen LogP contribution in [0.1, 0.15) is 25.7 Å². The number of hydrogen-bond acceptors (Lipinski definition) is 2. The fraction of sp³-hybridized carbons (Fsp3) is 0.500. The summed E-state index contributed by atoms with van der Waals surface area (Å²) >= 11 is 9.28. The van der Waals surface area contributed by atoms with Gasteiger partial charge in [-0.3, -0.25) is 0 Å². The summed E-state index contributed by atoms with van der Waals surface area (Å²) in [5.74, 6) is 0. The van der Waals surface area contributed by atoms with E-state index in [1.165, 1.54) is 0 Å². The van der Waals surface area contributed by atoms with E-state index in [0.717, 1.165) is 25.7 Å². The Morgan fingerprint density at radius 1 is 0.917 bits per heavy atom. The van der Waals surface area contributed by atoms with Gasteiger partial charge in [-0.05, 0) is 50.1 Å². The van der Waals surface area contributed by atoms with Crippen molar-refractivity contribution in [2.24, 2.45) is 0 Å². The van der Waals surface area contributed by atoms with Crippen molar-refractivity contribution in [1.82, 2.24) is 0 Å². The Morgan fingerprint density at radius 2 is 1.25 bits per heavy atom. The van der Waals surface area contributed by atoms with Gasteiger partial charge in [0.25, 0.3) is 0 Å². The van der Waals surface area contributed by atoms with Gasteiger partial charge in [0.1, 0.15) is 0 Å². The molecule has 0 bridgehead atoms. The molecule has 0 aromatic carbocycles. The summed E-state index contributed by atoms with van der Waals surface area (Å²) in [4.78, 5) is 0. The standard InChI is InChI=1S/C8H10O2S2/c9-7(11)5-3-1-2-4-6(5)8(10)12/h1-4H2,(H,9,11)(H,10,12). The molecule has 2 nitrogen and oxygen atoms in total. The average Bonchev–Trinajstić information content (AvgIpc) is 2.04. The normalized spacial score (nSPS) is 17.7. The van der Waals surface area contributed by atoms with E-state index in [0.29, 0.717) is 11.1 Å². The van der Waals surface area contributed by atoms with Crippen LogP contribution in [0.2, 0.25) is 0 Å². The zero-order valence-electron chi connectivity index (χ0n) is 6.54. The molecule has 0 unspecified atom stereocenters. The molecule has 1 aliphatic rings. The summed E-state index contributed by atoms with van der Waals surface area (Å²) in [6, 6.07) is 0. The highest BCUT2D eigenvalue weighted by Crippen LogP contribution is 2.25. The van der Waals surface area contributed by atoms with E-state index in [4.69, 9.17) is 10.2 Å². The van der Waals surface area contributed by atoms with E-state index in [2.05, 4.69) is 24.4 Å². The van der Waals surface area contributed by atoms with E-state index in [1.54, 1.807) is 0 Å². The Morgan fingerprint density at radius 3 is 1.50 bits per heavy atom. The zero-order valence-corrected chi connectivity index (χ0v) is 8.17. The lowest BCUT2D eigenvalue weighted by Crippen LogP contribution is -2.12. The minimum absolute atomic E-state index is 0.124. The Hall–Kier alpha value is -0.480. The number of aliphatic hydroxyl groups excluding tert-OH is 2. The molecule has 0 atom stereocenters. The van der Waals surface area contributed by atoms with Crippen molar-refractivity contribution in [3.63, 3.8) is 0 Å². The van der Waals surface area contributed by atoms with E-state index in [9.17, 15) is 0 Å². The van der Waals surface area contributed by atoms with Crippen LogP contribution in [0.4, 0.5) is 0 Å². The maximum absolute atomic E-state index is 9.10. The van der Waals surface area contributed by atoms with Crippen LogP contribution >= 0.6 is 24.4 Å². The quantitative estimate of drug-likeness (QED) is 0.675. The van der Waals surface area contributed by atoms with Gasteiger partial charge in [-0.2, -0.15) is 0 Å². The van der Waals surface area contributed by atoms with Crippen LogP contribution in [0.3, 0.4) is 0 Å². The fourth-order valence-electron chi connectivity index (χ4n) is 1.38. The Balaban J connectivity index is 2.99. The van der Waals surface area contributed by atoms with Crippen LogP contribution in [0.5, 0.6) is 0 Å². The maximum Gasteiger partial charge on any atom is 0.184 e. The van der Waals surface area contributed by atoms with Gasteiger partial charge in [0.05, 0.1) is 0 Å². The van der Waals surface area contributed by atoms with Crippen LogP contribution in [-0.2, 0) is 0 Å². The van der Waals surface area contributed by atoms with Crippen molar-refractivity contribution in [2.45, 2.75) is 25.7 Å². The van der Waals surface area contributed by atoms with Gasteiger partial charge >= 0.3 is 0 Å². The van der Waals surface area contributed by atoms with E-state index in [1.807, 2.05) is 0 Å². The lowest BCUT2D eigenvalue weighted by molar-refractivity contribution is 0.542. The van der Waals surface area contributed by atoms with Crippen molar-refractivity contribution in [3.8, 4) is 0 Å². The number of hydrogen-bond donors (Lipinski definition) is 2. The third-order valence-electron chi connectivity index (χ3n) is 1.98. The van der Waals surface area contributed by atoms with Crippen LogP contribution < -0.4 is 0 Å². The van der Waals surface area contributed by atoms with Crippen LogP contribution in [0.15, 0.2) is 11.1 Å². The summed E-state index contributed by atoms with van der Waals surface area (Å²) in [5.41, 5.74) is 1.31. The minimum Gasteiger partial charge on any atom is -0.499 e. The second-order valence-corrected chi connectivity index (χ2v) is 3.55. The minimum atomic E-state index is -0.124. The van der Waals surface area contributed by atoms with Crippen molar-refractivity contribution < 1.29 is 10.2 Å². The monoisotopic (exact) mass is 202 g/mol. The summed E-state index contributed by atoms with van der Waals surface area (Å²) in [5, 5.41) is 18.0. The van der Waals surface area contributed by atoms with Crippen molar-refractivity contribution in [3.05, 3.63) is 11.1 Å². The molecule has 66 valence electrons. The number of rotatable bonds is 2. The largest absolute Gasteiger partial charge is 0.499 e. The topological polar surface area (TPSA) is 40.5 Å². The molecule has 0 heterocycles. The number of aliphatic hydroxyl groups is 2. The molecule has 0 radical (unpaired) electrons. The molecule has 12 heavy (non-hydrogen) atoms. The molecule has 0 aromatic heterocycles. The first-order valence-electron chi connectivity index (χ1n) is 3.81. The highest BCUT2D eigenvalue weighted by atomic mass is 32.1. The summed E-state index contributed by atoms with van der Waals surface area (Å²) in [6.07, 6.45) is 3.46. The molecule has 1 rings (SSSR count). The van der Waals surface area contributed by atoms with Gasteiger partial charge in [-0.1, -0.05) is 0 Å². The van der Waals surface area contributed by atoms with Crippen molar-refractivity contribution >= 4 is 34.5 Å². The SMILES string of the molecule is OC(=S)C1=C(C(O)=S)CCCC1. The van der Waals surface area contributed by atoms with Gasteiger partial charge < -0.3 is 10.2 Å². The van der Waals surface area contributed by atoms with Gasteiger partial charge in [0.2, 0.25) is 0 Å². The molecule has 0 spiro atoms. The molecule has 4 heteroatoms. The molecule has 0 aromatic rings. The third kappa shape index (κ3) is 2.01. The first kappa shape index (κ1) is 9.61. The lowest BCUT2D eigenvalue weighted by Gasteiger charge is -2.16. The van der Waals surface area contributed by atoms with E-state index in [-0.39, 0.29) is 10.1 Å². The predicted molar refractivity (Wildman–Crippen MR) is 55.9 cm³/mol. The second-order valence-electron chi connectivity index (χ2n) is 2.77. The van der Waals surface area contributed by atoms with E-state index >= 15 is 0 Å². The Bertz CT molecular complexity index is 230. The smallest absolute Gasteiger partial charge is 0.184 e. The fourth-order valence-corrected chi connectivity index (χ4v) is 1.83. The van der Waals surface area contributed by atoms with Crippen molar-refractivity contribution in [2.75, 3.05) is 0 Å². The third-order valence-corrected chi connectivity index (χ3v) is 2.48. The molecule has 0 fully saturated rings. The van der Waals surface area contributed by atoms with Gasteiger partial charge in [-0.25, -0.2) is 0 Å². The van der Waals surface area contributed by atoms with Gasteiger partial charge in [0, 0.05) is 11.1 Å². The summed E-state index contributed by atoms with van der Waals surface area (Å²) in [6.45, 7) is 0. The van der Waals surface area contributed by atoms with Crippen LogP contribution in [0, 0.1) is 0 Å². The Kier molecular flexibility index (Phi) is 3.17. The highest BCUT2D eigenvalue weighted by Gasteiger charge is 2.18. The molecule has 0 saturated carbocycles. The molecule has 2 N–H and O–H groups in total. The molecule has 0 aliphatic heterocycles. The van der Waals surface area contributed by atoms with E-state index < -0.39 is 0 Å². The molecular formula is C8H10O2S2. The van der Waals surface area contributed by atoms with Gasteiger partial charge in [0.15, 0.2) is 10.1 Å². The van der Waals surface area contributed by atoms with Crippen LogP contribution in [-0.4, -0.2) is 20.3 Å². The summed E-state index contributed by atoms with van der Waals surface area (Å²) in [7, 11) is 0. The van der Waals surface area contributed by atoms with Crippen molar-refractivity contribution in [1.29, 1.82) is 0 Å². The first-order valence-corrected chi connectivity index (χ1v) is 4.63. The maximum atomic E-state index is 9.10. The number of thiocarbonyl (C=S) groups is 2. The first-order chi connectivity index (χ1) is 5.63. The average molecular weight is 202 g/mol. The van der Waals surface area contributed by atoms with Crippen LogP contribution in [0.25, 0.3) is 0 Å². The Labute approximate surface area is 81.9 Å². The molecule has 0 saturated heterocycles. The lowest BCUT2D eigenvalue weighted by atomic mass is 9.92. The highest BCUT2D eigenvalue weighted by molar-refractivity contribution is 7.81. The predicted octanol–water partition coefficient (Wildman–Crippen LogP) is 2.63. The second kappa shape index (κ2) is 3.96. The molecule has 0 amide bonds. The molecule has 1 aliphatic carbocycles.